The Hall–Kier alpha value is -3.92. The van der Waals surface area contributed by atoms with Crippen LogP contribution in [0, 0.1) is 12.7 Å². The van der Waals surface area contributed by atoms with Crippen molar-refractivity contribution in [3.8, 4) is 17.2 Å². The van der Waals surface area contributed by atoms with Crippen LogP contribution in [0.1, 0.15) is 24.1 Å². The van der Waals surface area contributed by atoms with Crippen molar-refractivity contribution in [2.24, 2.45) is 9.98 Å². The molecule has 3 aromatic rings. The number of aryl methyl sites for hydroxylation is 1. The summed E-state index contributed by atoms with van der Waals surface area (Å²) >= 11 is 0. The lowest BCUT2D eigenvalue weighted by molar-refractivity contribution is -0.135. The monoisotopic (exact) mass is 510 g/mol. The number of carbonyl (C=O) groups is 1. The normalized spacial score (nSPS) is 14.1. The van der Waals surface area contributed by atoms with Gasteiger partial charge in [0.05, 0.1) is 38.2 Å². The van der Waals surface area contributed by atoms with Gasteiger partial charge in [-0.3, -0.25) is 14.8 Å². The van der Waals surface area contributed by atoms with E-state index in [9.17, 15) is 4.79 Å². The lowest BCUT2D eigenvalue weighted by Crippen LogP contribution is -2.40. The SMILES string of the molecule is C=Nc1cc(OCCCC(=O)N2CCOCC2)c(OC)cc1C(=NC)Oc1ccc2[nH]c(C)cc2c1F. The molecular formula is C27H31FN4O5. The van der Waals surface area contributed by atoms with Gasteiger partial charge in [-0.15, -0.1) is 0 Å². The van der Waals surface area contributed by atoms with Crippen LogP contribution in [0.2, 0.25) is 0 Å². The first-order valence-electron chi connectivity index (χ1n) is 12.0. The number of carbonyl (C=O) groups excluding carboxylic acids is 1. The molecule has 0 bridgehead atoms. The Morgan fingerprint density at radius 1 is 1.19 bits per heavy atom. The minimum absolute atomic E-state index is 0.0336. The number of hydrogen-bond acceptors (Lipinski definition) is 7. The number of amides is 1. The molecule has 1 fully saturated rings. The van der Waals surface area contributed by atoms with Crippen molar-refractivity contribution in [2.75, 3.05) is 47.1 Å². The van der Waals surface area contributed by atoms with E-state index in [0.29, 0.717) is 79.4 Å². The van der Waals surface area contributed by atoms with Crippen LogP contribution in [0.5, 0.6) is 17.2 Å². The number of ether oxygens (including phenoxy) is 4. The number of methoxy groups -OCH3 is 1. The number of hydrogen-bond donors (Lipinski definition) is 1. The van der Waals surface area contributed by atoms with E-state index < -0.39 is 5.82 Å². The molecule has 1 aromatic heterocycles. The van der Waals surface area contributed by atoms with E-state index in [-0.39, 0.29) is 17.6 Å². The summed E-state index contributed by atoms with van der Waals surface area (Å²) in [5.74, 6) is 0.640. The van der Waals surface area contributed by atoms with E-state index >= 15 is 4.39 Å². The number of nitrogens with one attached hydrogen (secondary N) is 1. The van der Waals surface area contributed by atoms with Gasteiger partial charge in [0.1, 0.15) is 0 Å². The Morgan fingerprint density at radius 2 is 1.97 bits per heavy atom. The first-order chi connectivity index (χ1) is 17.9. The quantitative estimate of drug-likeness (QED) is 0.261. The summed E-state index contributed by atoms with van der Waals surface area (Å²) < 4.78 is 37.7. The van der Waals surface area contributed by atoms with E-state index in [4.69, 9.17) is 18.9 Å². The summed E-state index contributed by atoms with van der Waals surface area (Å²) in [4.78, 5) is 25.6. The Morgan fingerprint density at radius 3 is 2.68 bits per heavy atom. The standard InChI is InChI=1S/C27H31FN4O5/c1-17-14-18-20(31-17)7-8-22(26(18)28)37-27(30-3)19-15-23(34-4)24(16-21(19)29-2)36-11-5-6-25(33)32-9-12-35-13-10-32/h7-8,14-16,31H,2,5-6,9-13H2,1,3-4H3. The molecule has 0 radical (unpaired) electrons. The number of benzene rings is 2. The minimum Gasteiger partial charge on any atom is -0.493 e. The van der Waals surface area contributed by atoms with Gasteiger partial charge in [0, 0.05) is 49.2 Å². The maximum Gasteiger partial charge on any atom is 0.224 e. The first-order valence-corrected chi connectivity index (χ1v) is 12.0. The molecule has 0 atom stereocenters. The molecule has 0 aliphatic carbocycles. The fourth-order valence-electron chi connectivity index (χ4n) is 4.19. The van der Waals surface area contributed by atoms with Crippen molar-refractivity contribution in [1.29, 1.82) is 0 Å². The molecule has 4 rings (SSSR count). The molecule has 10 heteroatoms. The van der Waals surface area contributed by atoms with Crippen molar-refractivity contribution in [3.05, 3.63) is 47.4 Å². The van der Waals surface area contributed by atoms with Crippen molar-refractivity contribution in [3.63, 3.8) is 0 Å². The fourth-order valence-corrected chi connectivity index (χ4v) is 4.19. The van der Waals surface area contributed by atoms with Gasteiger partial charge in [-0.1, -0.05) is 0 Å². The molecule has 1 N–H and O–H groups in total. The Labute approximate surface area is 214 Å². The Balaban J connectivity index is 1.48. The molecular weight excluding hydrogens is 479 g/mol. The maximum absolute atomic E-state index is 15.1. The van der Waals surface area contributed by atoms with Gasteiger partial charge in [0.25, 0.3) is 0 Å². The predicted octanol–water partition coefficient (Wildman–Crippen LogP) is 4.43. The van der Waals surface area contributed by atoms with Gasteiger partial charge in [-0.25, -0.2) is 4.39 Å². The molecule has 1 saturated heterocycles. The van der Waals surface area contributed by atoms with Gasteiger partial charge in [-0.05, 0) is 44.3 Å². The average molecular weight is 511 g/mol. The molecule has 37 heavy (non-hydrogen) atoms. The van der Waals surface area contributed by atoms with E-state index in [1.165, 1.54) is 7.11 Å². The lowest BCUT2D eigenvalue weighted by Gasteiger charge is -2.26. The number of aliphatic imine (C=N–C) groups is 2. The highest BCUT2D eigenvalue weighted by molar-refractivity contribution is 6.01. The molecule has 1 aliphatic heterocycles. The van der Waals surface area contributed by atoms with E-state index in [1.54, 1.807) is 37.4 Å². The van der Waals surface area contributed by atoms with Gasteiger partial charge in [-0.2, -0.15) is 0 Å². The molecule has 0 saturated carbocycles. The largest absolute Gasteiger partial charge is 0.493 e. The Kier molecular flexibility index (Phi) is 8.39. The summed E-state index contributed by atoms with van der Waals surface area (Å²) in [5.41, 5.74) is 2.42. The van der Waals surface area contributed by atoms with Gasteiger partial charge in [0.2, 0.25) is 11.8 Å². The second-order valence-corrected chi connectivity index (χ2v) is 8.55. The second-order valence-electron chi connectivity index (χ2n) is 8.55. The van der Waals surface area contributed by atoms with Crippen molar-refractivity contribution in [1.82, 2.24) is 9.88 Å². The summed E-state index contributed by atoms with van der Waals surface area (Å²) in [7, 11) is 3.06. The van der Waals surface area contributed by atoms with Gasteiger partial charge < -0.3 is 28.8 Å². The maximum atomic E-state index is 15.1. The highest BCUT2D eigenvalue weighted by Crippen LogP contribution is 2.36. The van der Waals surface area contributed by atoms with Crippen LogP contribution in [0.4, 0.5) is 10.1 Å². The smallest absolute Gasteiger partial charge is 0.224 e. The molecule has 9 nitrogen and oxygen atoms in total. The fraction of sp³-hybridized carbons (Fsp3) is 0.370. The van der Waals surface area contributed by atoms with Crippen molar-refractivity contribution < 1.29 is 28.1 Å². The molecule has 1 amide bonds. The molecule has 1 aliphatic rings. The van der Waals surface area contributed by atoms with Crippen LogP contribution in [-0.4, -0.2) is 75.5 Å². The van der Waals surface area contributed by atoms with Crippen LogP contribution in [0.25, 0.3) is 10.9 Å². The number of nitrogens with zero attached hydrogens (tertiary/aromatic N) is 3. The van der Waals surface area contributed by atoms with Crippen molar-refractivity contribution in [2.45, 2.75) is 19.8 Å². The minimum atomic E-state index is -0.491. The van der Waals surface area contributed by atoms with Gasteiger partial charge >= 0.3 is 0 Å². The van der Waals surface area contributed by atoms with Crippen LogP contribution < -0.4 is 14.2 Å². The summed E-state index contributed by atoms with van der Waals surface area (Å²) in [6.45, 7) is 8.21. The lowest BCUT2D eigenvalue weighted by atomic mass is 10.1. The number of halogens is 1. The molecule has 2 heterocycles. The predicted molar refractivity (Wildman–Crippen MR) is 140 cm³/mol. The van der Waals surface area contributed by atoms with E-state index in [1.807, 2.05) is 11.8 Å². The van der Waals surface area contributed by atoms with E-state index in [0.717, 1.165) is 5.69 Å². The van der Waals surface area contributed by atoms with Crippen LogP contribution in [-0.2, 0) is 9.53 Å². The summed E-state index contributed by atoms with van der Waals surface area (Å²) in [6, 6.07) is 8.35. The molecule has 2 aromatic carbocycles. The zero-order chi connectivity index (χ0) is 26.4. The highest BCUT2D eigenvalue weighted by atomic mass is 19.1. The zero-order valence-electron chi connectivity index (χ0n) is 21.3. The third-order valence-electron chi connectivity index (χ3n) is 6.09. The number of morpholine rings is 1. The molecule has 0 spiro atoms. The number of fused-ring (bicyclic) bond motifs is 1. The third kappa shape index (κ3) is 5.91. The topological polar surface area (TPSA) is 97.7 Å². The van der Waals surface area contributed by atoms with Crippen LogP contribution in [0.15, 0.2) is 40.3 Å². The highest BCUT2D eigenvalue weighted by Gasteiger charge is 2.20. The second kappa shape index (κ2) is 11.9. The summed E-state index contributed by atoms with van der Waals surface area (Å²) in [6.07, 6.45) is 0.924. The third-order valence-corrected chi connectivity index (χ3v) is 6.09. The first kappa shape index (κ1) is 26.2. The molecule has 0 unspecified atom stereocenters. The number of rotatable bonds is 9. The van der Waals surface area contributed by atoms with Crippen LogP contribution >= 0.6 is 0 Å². The zero-order valence-corrected chi connectivity index (χ0v) is 21.3. The summed E-state index contributed by atoms with van der Waals surface area (Å²) in [5, 5.41) is 0.431. The van der Waals surface area contributed by atoms with Gasteiger partial charge in [0.15, 0.2) is 23.1 Å². The molecule has 196 valence electrons. The Bertz CT molecular complexity index is 1310. The number of H-pyrrole nitrogens is 1. The van der Waals surface area contributed by atoms with Crippen LogP contribution in [0.3, 0.4) is 0 Å². The number of aromatic amines is 1. The van der Waals surface area contributed by atoms with E-state index in [2.05, 4.69) is 21.7 Å². The average Bonchev–Trinajstić information content (AvgIpc) is 3.32. The van der Waals surface area contributed by atoms with Crippen molar-refractivity contribution >= 4 is 35.1 Å². The number of aromatic nitrogens is 1.